The van der Waals surface area contributed by atoms with Crippen LogP contribution in [0.25, 0.3) is 11.2 Å². The van der Waals surface area contributed by atoms with Crippen LogP contribution in [0.1, 0.15) is 39.3 Å². The Bertz CT molecular complexity index is 1470. The van der Waals surface area contributed by atoms with Gasteiger partial charge in [-0.3, -0.25) is 13.9 Å². The SMILES string of the molecule is C#C[C@H]1C[C@@H](CO[P@@](=O)(N[C@H](C)C(=O)OCC)Oc2ccccc2)O[C@H]1n1cnc2c(N(C)C3CC3)nc(N)nc21. The Labute approximate surface area is 238 Å². The van der Waals surface area contributed by atoms with Gasteiger partial charge in [0, 0.05) is 13.1 Å². The van der Waals surface area contributed by atoms with Crippen LogP contribution in [0.5, 0.6) is 5.75 Å². The van der Waals surface area contributed by atoms with Crippen molar-refractivity contribution < 1.29 is 27.9 Å². The molecule has 218 valence electrons. The Morgan fingerprint density at radius 3 is 2.78 bits per heavy atom. The van der Waals surface area contributed by atoms with Crippen LogP contribution >= 0.6 is 7.75 Å². The van der Waals surface area contributed by atoms with E-state index < -0.39 is 32.1 Å². The molecule has 14 heteroatoms. The van der Waals surface area contributed by atoms with E-state index in [4.69, 9.17) is 30.7 Å². The number of fused-ring (bicyclic) bond motifs is 1. The highest BCUT2D eigenvalue weighted by atomic mass is 31.2. The van der Waals surface area contributed by atoms with E-state index in [0.717, 1.165) is 12.8 Å². The third kappa shape index (κ3) is 6.47. The number of carbonyl (C=O) groups excluding carboxylic acids is 1. The molecule has 1 aliphatic heterocycles. The van der Waals surface area contributed by atoms with Gasteiger partial charge in [0.05, 0.1) is 31.6 Å². The molecule has 2 aliphatic rings. The number of nitrogens with two attached hydrogens (primary N) is 1. The van der Waals surface area contributed by atoms with Crippen LogP contribution in [0.15, 0.2) is 36.7 Å². The summed E-state index contributed by atoms with van der Waals surface area (Å²) in [5.74, 6) is 2.93. The second kappa shape index (κ2) is 12.0. The van der Waals surface area contributed by atoms with Gasteiger partial charge in [0.25, 0.3) is 0 Å². The number of benzene rings is 1. The number of hydrogen-bond donors (Lipinski definition) is 2. The molecule has 13 nitrogen and oxygen atoms in total. The number of nitrogens with one attached hydrogen (secondary N) is 1. The fourth-order valence-electron chi connectivity index (χ4n) is 4.70. The fraction of sp³-hybridized carbons (Fsp3) is 0.481. The van der Waals surface area contributed by atoms with Gasteiger partial charge in [-0.2, -0.15) is 15.1 Å². The number of aromatic nitrogens is 4. The van der Waals surface area contributed by atoms with E-state index in [-0.39, 0.29) is 25.1 Å². The maximum absolute atomic E-state index is 13.8. The molecule has 3 aromatic rings. The number of para-hydroxylation sites is 1. The Balaban J connectivity index is 1.34. The van der Waals surface area contributed by atoms with Crippen molar-refractivity contribution in [3.05, 3.63) is 36.7 Å². The highest BCUT2D eigenvalue weighted by Gasteiger charge is 2.40. The summed E-state index contributed by atoms with van der Waals surface area (Å²) < 4.78 is 38.4. The molecule has 3 heterocycles. The fourth-order valence-corrected chi connectivity index (χ4v) is 6.22. The minimum atomic E-state index is -4.05. The first-order chi connectivity index (χ1) is 19.7. The van der Waals surface area contributed by atoms with Crippen LogP contribution in [0.3, 0.4) is 0 Å². The highest BCUT2D eigenvalue weighted by molar-refractivity contribution is 7.52. The molecule has 41 heavy (non-hydrogen) atoms. The summed E-state index contributed by atoms with van der Waals surface area (Å²) in [5.41, 5.74) is 7.18. The topological polar surface area (TPSA) is 156 Å². The average molecular weight is 584 g/mol. The van der Waals surface area contributed by atoms with Gasteiger partial charge in [0.1, 0.15) is 11.8 Å². The van der Waals surface area contributed by atoms with Crippen LogP contribution in [0, 0.1) is 18.3 Å². The van der Waals surface area contributed by atoms with E-state index in [9.17, 15) is 9.36 Å². The number of anilines is 2. The third-order valence-electron chi connectivity index (χ3n) is 6.92. The summed E-state index contributed by atoms with van der Waals surface area (Å²) in [6.07, 6.45) is 8.93. The van der Waals surface area contributed by atoms with Gasteiger partial charge in [-0.15, -0.1) is 6.42 Å². The van der Waals surface area contributed by atoms with Gasteiger partial charge in [-0.05, 0) is 45.2 Å². The third-order valence-corrected chi connectivity index (χ3v) is 8.56. The van der Waals surface area contributed by atoms with Crippen LogP contribution in [0.2, 0.25) is 0 Å². The predicted octanol–water partition coefficient (Wildman–Crippen LogP) is 3.29. The standard InChI is InChI=1S/C27H34N7O6P/c1-5-18-14-21(15-38-41(36,32-17(3)26(35)37-6-2)40-20-10-8-7-9-11-20)39-25(18)34-16-29-22-23(33(4)19-12-13-19)30-27(28)31-24(22)34/h1,7-11,16-19,21,25H,6,12-15H2,2-4H3,(H,32,36)(H2,28,30,31)/t17-,18+,21+,25-,41+/m1/s1. The molecule has 5 rings (SSSR count). The van der Waals surface area contributed by atoms with Crippen molar-refractivity contribution in [3.63, 3.8) is 0 Å². The molecule has 1 saturated carbocycles. The Kier molecular flexibility index (Phi) is 8.47. The zero-order valence-corrected chi connectivity index (χ0v) is 24.1. The molecule has 1 saturated heterocycles. The lowest BCUT2D eigenvalue weighted by Gasteiger charge is -2.24. The molecule has 2 aromatic heterocycles. The second-order valence-corrected chi connectivity index (χ2v) is 11.7. The van der Waals surface area contributed by atoms with Crippen molar-refractivity contribution in [2.24, 2.45) is 5.92 Å². The molecule has 3 N–H and O–H groups in total. The molecule has 2 fully saturated rings. The number of nitrogens with zero attached hydrogens (tertiary/aromatic N) is 5. The number of nitrogen functional groups attached to an aromatic ring is 1. The van der Waals surface area contributed by atoms with E-state index in [1.807, 2.05) is 7.05 Å². The number of terminal acetylenes is 1. The Morgan fingerprint density at radius 2 is 2.10 bits per heavy atom. The van der Waals surface area contributed by atoms with Crippen molar-refractivity contribution in [1.82, 2.24) is 24.6 Å². The lowest BCUT2D eigenvalue weighted by Crippen LogP contribution is -2.35. The average Bonchev–Trinajstić information content (AvgIpc) is 3.60. The van der Waals surface area contributed by atoms with Gasteiger partial charge in [0.15, 0.2) is 23.2 Å². The van der Waals surface area contributed by atoms with E-state index in [2.05, 4.69) is 30.9 Å². The van der Waals surface area contributed by atoms with Gasteiger partial charge < -0.3 is 24.6 Å². The van der Waals surface area contributed by atoms with Crippen molar-refractivity contribution >= 4 is 36.6 Å². The molecule has 1 aliphatic carbocycles. The zero-order valence-electron chi connectivity index (χ0n) is 23.2. The normalized spacial score (nSPS) is 22.5. The van der Waals surface area contributed by atoms with Gasteiger partial charge in [-0.25, -0.2) is 9.55 Å². The summed E-state index contributed by atoms with van der Waals surface area (Å²) in [7, 11) is -2.08. The number of carbonyl (C=O) groups is 1. The molecule has 0 radical (unpaired) electrons. The summed E-state index contributed by atoms with van der Waals surface area (Å²) in [4.78, 5) is 27.7. The van der Waals surface area contributed by atoms with E-state index in [1.54, 1.807) is 48.1 Å². The Morgan fingerprint density at radius 1 is 1.34 bits per heavy atom. The van der Waals surface area contributed by atoms with Crippen LogP contribution in [-0.2, 0) is 23.4 Å². The number of ether oxygens (including phenoxy) is 2. The number of imidazole rings is 1. The summed E-state index contributed by atoms with van der Waals surface area (Å²) >= 11 is 0. The quantitative estimate of drug-likeness (QED) is 0.183. The molecule has 0 unspecified atom stereocenters. The summed E-state index contributed by atoms with van der Waals surface area (Å²) in [5, 5.41) is 2.67. The lowest BCUT2D eigenvalue weighted by molar-refractivity contribution is -0.144. The maximum atomic E-state index is 13.8. The highest BCUT2D eigenvalue weighted by Crippen LogP contribution is 2.46. The van der Waals surface area contributed by atoms with Gasteiger partial charge in [-0.1, -0.05) is 24.1 Å². The maximum Gasteiger partial charge on any atom is 0.459 e. The first-order valence-electron chi connectivity index (χ1n) is 13.5. The number of rotatable bonds is 12. The molecule has 1 aromatic carbocycles. The van der Waals surface area contributed by atoms with Crippen LogP contribution in [-0.4, -0.2) is 63.9 Å². The summed E-state index contributed by atoms with van der Waals surface area (Å²) in [6.45, 7) is 3.26. The smallest absolute Gasteiger partial charge is 0.459 e. The van der Waals surface area contributed by atoms with E-state index in [0.29, 0.717) is 35.2 Å². The Hall–Kier alpha value is -3.69. The summed E-state index contributed by atoms with van der Waals surface area (Å²) in [6, 6.07) is 7.98. The van der Waals surface area contributed by atoms with Crippen molar-refractivity contribution in [1.29, 1.82) is 0 Å². The van der Waals surface area contributed by atoms with Gasteiger partial charge in [0.2, 0.25) is 5.95 Å². The molecule has 0 bridgehead atoms. The lowest BCUT2D eigenvalue weighted by atomic mass is 10.0. The largest absolute Gasteiger partial charge is 0.465 e. The van der Waals surface area contributed by atoms with Crippen molar-refractivity contribution in [3.8, 4) is 18.1 Å². The van der Waals surface area contributed by atoms with Gasteiger partial charge >= 0.3 is 13.7 Å². The first kappa shape index (κ1) is 28.8. The number of esters is 1. The van der Waals surface area contributed by atoms with E-state index in [1.165, 1.54) is 6.92 Å². The van der Waals surface area contributed by atoms with E-state index >= 15 is 0 Å². The predicted molar refractivity (Wildman–Crippen MR) is 152 cm³/mol. The molecule has 5 atom stereocenters. The first-order valence-corrected chi connectivity index (χ1v) is 15.0. The van der Waals surface area contributed by atoms with Crippen LogP contribution in [0.4, 0.5) is 11.8 Å². The monoisotopic (exact) mass is 583 g/mol. The molecular weight excluding hydrogens is 549 g/mol. The minimum absolute atomic E-state index is 0.123. The minimum Gasteiger partial charge on any atom is -0.465 e. The van der Waals surface area contributed by atoms with Crippen LogP contribution < -0.4 is 20.2 Å². The number of hydrogen-bond acceptors (Lipinski definition) is 11. The molecular formula is C27H34N7O6P. The molecule has 0 spiro atoms. The van der Waals surface area contributed by atoms with Crippen molar-refractivity contribution in [2.45, 2.75) is 57.5 Å². The molecule has 0 amide bonds. The second-order valence-electron chi connectivity index (χ2n) is 10.0. The zero-order chi connectivity index (χ0) is 29.1. The van der Waals surface area contributed by atoms with Crippen molar-refractivity contribution in [2.75, 3.05) is 30.9 Å².